The van der Waals surface area contributed by atoms with Crippen LogP contribution in [-0.4, -0.2) is 12.1 Å². The zero-order valence-electron chi connectivity index (χ0n) is 13.2. The third-order valence-corrected chi connectivity index (χ3v) is 4.43. The predicted molar refractivity (Wildman–Crippen MR) is 97.7 cm³/mol. The molecule has 0 saturated carbocycles. The van der Waals surface area contributed by atoms with E-state index in [-0.39, 0.29) is 0 Å². The van der Waals surface area contributed by atoms with E-state index in [1.807, 2.05) is 42.5 Å². The Hall–Kier alpha value is -3.12. The molecule has 6 nitrogen and oxygen atoms in total. The van der Waals surface area contributed by atoms with E-state index in [1.165, 1.54) is 0 Å². The first-order valence-corrected chi connectivity index (χ1v) is 7.91. The van der Waals surface area contributed by atoms with E-state index in [9.17, 15) is 4.91 Å². The Kier molecular flexibility index (Phi) is 3.74. The molecular weight excluding hydrogens is 340 g/mol. The number of anilines is 2. The van der Waals surface area contributed by atoms with E-state index in [1.54, 1.807) is 24.5 Å². The van der Waals surface area contributed by atoms with Crippen LogP contribution in [0.4, 0.5) is 11.4 Å². The van der Waals surface area contributed by atoms with Gasteiger partial charge in [0.2, 0.25) is 0 Å². The molecule has 2 heterocycles. The van der Waals surface area contributed by atoms with E-state index in [0.717, 1.165) is 33.6 Å². The van der Waals surface area contributed by atoms with Crippen molar-refractivity contribution in [2.75, 3.05) is 12.1 Å². The third-order valence-electron chi connectivity index (χ3n) is 4.11. The lowest BCUT2D eigenvalue weighted by Gasteiger charge is -2.12. The van der Waals surface area contributed by atoms with E-state index in [0.29, 0.717) is 10.8 Å². The van der Waals surface area contributed by atoms with Crippen molar-refractivity contribution in [3.63, 3.8) is 0 Å². The second-order valence-electron chi connectivity index (χ2n) is 5.51. The SMILES string of the molecule is COc1cncc(-c2cccc(Cl)c2-c2ccc3c(c2)N3NN=O)c1. The van der Waals surface area contributed by atoms with E-state index < -0.39 is 0 Å². The smallest absolute Gasteiger partial charge is 0.137 e. The molecule has 25 heavy (non-hydrogen) atoms. The van der Waals surface area contributed by atoms with Gasteiger partial charge in [-0.2, -0.15) is 5.53 Å². The van der Waals surface area contributed by atoms with Gasteiger partial charge >= 0.3 is 0 Å². The standard InChI is InChI=1S/C18H13ClN4O2/c1-25-13-7-12(9-20-10-13)14-3-2-4-15(19)18(14)11-5-6-16-17(8-11)23(16)21-22-24/h2-10H,1H3,(H,21,24). The molecule has 0 saturated heterocycles. The Labute approximate surface area is 148 Å². The lowest BCUT2D eigenvalue weighted by atomic mass is 9.95. The van der Waals surface area contributed by atoms with Gasteiger partial charge in [-0.05, 0) is 35.4 Å². The summed E-state index contributed by atoms with van der Waals surface area (Å²) in [4.78, 5) is 14.6. The number of methoxy groups -OCH3 is 1. The van der Waals surface area contributed by atoms with E-state index in [2.05, 4.69) is 15.8 Å². The molecule has 124 valence electrons. The zero-order valence-corrected chi connectivity index (χ0v) is 14.0. The summed E-state index contributed by atoms with van der Waals surface area (Å²) in [5, 5.41) is 4.94. The fraction of sp³-hybridized carbons (Fsp3) is 0.0556. The number of hydrogen-bond donors (Lipinski definition) is 1. The summed E-state index contributed by atoms with van der Waals surface area (Å²) in [6.07, 6.45) is 3.43. The number of nitrogens with zero attached hydrogens (tertiary/aromatic N) is 3. The number of halogens is 1. The lowest BCUT2D eigenvalue weighted by molar-refractivity contribution is 0.413. The van der Waals surface area contributed by atoms with Crippen molar-refractivity contribution in [2.24, 2.45) is 5.29 Å². The van der Waals surface area contributed by atoms with Crippen LogP contribution >= 0.6 is 11.6 Å². The Morgan fingerprint density at radius 1 is 1.12 bits per heavy atom. The summed E-state index contributed by atoms with van der Waals surface area (Å²) in [6.45, 7) is 0. The largest absolute Gasteiger partial charge is 0.495 e. The Morgan fingerprint density at radius 3 is 2.80 bits per heavy atom. The summed E-state index contributed by atoms with van der Waals surface area (Å²) >= 11 is 6.50. The second kappa shape index (κ2) is 6.07. The van der Waals surface area contributed by atoms with Gasteiger partial charge in [-0.1, -0.05) is 29.8 Å². The number of benzene rings is 2. The summed E-state index contributed by atoms with van der Waals surface area (Å²) in [5.74, 6) is 0.677. The number of aromatic nitrogens is 1. The van der Waals surface area contributed by atoms with Gasteiger partial charge in [-0.15, -0.1) is 4.91 Å². The highest BCUT2D eigenvalue weighted by Crippen LogP contribution is 2.49. The first kappa shape index (κ1) is 15.4. The van der Waals surface area contributed by atoms with Crippen molar-refractivity contribution in [3.05, 3.63) is 64.8 Å². The first-order valence-electron chi connectivity index (χ1n) is 7.53. The number of ether oxygens (including phenoxy) is 1. The van der Waals surface area contributed by atoms with Crippen molar-refractivity contribution in [1.82, 2.24) is 10.5 Å². The quantitative estimate of drug-likeness (QED) is 0.409. The van der Waals surface area contributed by atoms with E-state index >= 15 is 0 Å². The molecule has 1 N–H and O–H groups in total. The molecule has 2 aromatic carbocycles. The number of pyridine rings is 1. The summed E-state index contributed by atoms with van der Waals surface area (Å²) in [7, 11) is 1.61. The van der Waals surface area contributed by atoms with Gasteiger partial charge in [-0.3, -0.25) is 4.98 Å². The van der Waals surface area contributed by atoms with Crippen LogP contribution in [0.1, 0.15) is 0 Å². The molecule has 0 aliphatic carbocycles. The molecule has 3 aromatic rings. The Morgan fingerprint density at radius 2 is 2.00 bits per heavy atom. The minimum Gasteiger partial charge on any atom is -0.495 e. The molecule has 0 spiro atoms. The van der Waals surface area contributed by atoms with Gasteiger partial charge in [0.25, 0.3) is 0 Å². The topological polar surface area (TPSA) is 66.6 Å². The highest BCUT2D eigenvalue weighted by atomic mass is 35.5. The molecule has 0 fully saturated rings. The molecule has 1 aromatic heterocycles. The minimum absolute atomic E-state index is 0.633. The summed E-state index contributed by atoms with van der Waals surface area (Å²) in [5.41, 5.74) is 7.89. The molecule has 4 rings (SSSR count). The number of nitroso groups, excluding NO2 is 1. The van der Waals surface area contributed by atoms with Crippen LogP contribution < -0.4 is 15.3 Å². The van der Waals surface area contributed by atoms with Crippen LogP contribution in [0.25, 0.3) is 22.3 Å². The normalized spacial score (nSPS) is 11.7. The monoisotopic (exact) mass is 352 g/mol. The van der Waals surface area contributed by atoms with Crippen molar-refractivity contribution in [3.8, 4) is 28.0 Å². The zero-order chi connectivity index (χ0) is 17.4. The summed E-state index contributed by atoms with van der Waals surface area (Å²) < 4.78 is 5.27. The lowest BCUT2D eigenvalue weighted by Crippen LogP contribution is -2.14. The molecule has 7 heteroatoms. The molecule has 1 aliphatic heterocycles. The van der Waals surface area contributed by atoms with Gasteiger partial charge in [0.05, 0.1) is 30.0 Å². The fourth-order valence-electron chi connectivity index (χ4n) is 2.89. The summed E-state index contributed by atoms with van der Waals surface area (Å²) in [6, 6.07) is 13.5. The number of hydrazine groups is 1. The molecule has 1 aliphatic rings. The van der Waals surface area contributed by atoms with Crippen LogP contribution in [-0.2, 0) is 0 Å². The Balaban J connectivity index is 1.82. The van der Waals surface area contributed by atoms with Crippen LogP contribution in [0.5, 0.6) is 5.75 Å². The maximum Gasteiger partial charge on any atom is 0.137 e. The van der Waals surface area contributed by atoms with Crippen LogP contribution in [0.2, 0.25) is 5.02 Å². The number of hydrogen-bond acceptors (Lipinski definition) is 5. The number of nitrogens with one attached hydrogen (secondary N) is 1. The van der Waals surface area contributed by atoms with Crippen LogP contribution in [0, 0.1) is 4.91 Å². The van der Waals surface area contributed by atoms with Gasteiger partial charge < -0.3 is 4.74 Å². The second-order valence-corrected chi connectivity index (χ2v) is 5.91. The first-order chi connectivity index (χ1) is 12.2. The van der Waals surface area contributed by atoms with Gasteiger partial charge in [0, 0.05) is 22.3 Å². The average Bonchev–Trinajstić information content (AvgIpc) is 3.34. The van der Waals surface area contributed by atoms with Gasteiger partial charge in [0.1, 0.15) is 5.75 Å². The fourth-order valence-corrected chi connectivity index (χ4v) is 3.18. The van der Waals surface area contributed by atoms with Gasteiger partial charge in [-0.25, -0.2) is 5.01 Å². The molecule has 0 amide bonds. The van der Waals surface area contributed by atoms with Gasteiger partial charge in [0.15, 0.2) is 0 Å². The van der Waals surface area contributed by atoms with Crippen LogP contribution in [0.15, 0.2) is 60.1 Å². The van der Waals surface area contributed by atoms with Crippen molar-refractivity contribution < 1.29 is 4.74 Å². The maximum absolute atomic E-state index is 10.4. The maximum atomic E-state index is 10.4. The molecular formula is C18H13ClN4O2. The number of fused-ring (bicyclic) bond motifs is 1. The van der Waals surface area contributed by atoms with Crippen molar-refractivity contribution >= 4 is 23.0 Å². The van der Waals surface area contributed by atoms with E-state index in [4.69, 9.17) is 16.3 Å². The van der Waals surface area contributed by atoms with Crippen molar-refractivity contribution in [2.45, 2.75) is 0 Å². The Bertz CT molecular complexity index is 977. The molecule has 0 bridgehead atoms. The molecule has 0 atom stereocenters. The number of rotatable bonds is 5. The minimum atomic E-state index is 0.633. The highest BCUT2D eigenvalue weighted by molar-refractivity contribution is 6.34. The predicted octanol–water partition coefficient (Wildman–Crippen LogP) is 4.72. The highest BCUT2D eigenvalue weighted by Gasteiger charge is 2.30. The average molecular weight is 353 g/mol. The van der Waals surface area contributed by atoms with Crippen molar-refractivity contribution in [1.29, 1.82) is 0 Å². The van der Waals surface area contributed by atoms with Crippen LogP contribution in [0.3, 0.4) is 0 Å². The molecule has 0 radical (unpaired) electrons. The third kappa shape index (κ3) is 2.66. The molecule has 0 unspecified atom stereocenters.